The van der Waals surface area contributed by atoms with E-state index in [-0.39, 0.29) is 0 Å². The molecule has 1 aliphatic carbocycles. The molecule has 0 unspecified atom stereocenters. The molecule has 1 fully saturated rings. The van der Waals surface area contributed by atoms with Gasteiger partial charge in [0, 0.05) is 13.1 Å². The molecule has 3 rings (SSSR count). The molecule has 0 aromatic carbocycles. The van der Waals surface area contributed by atoms with Crippen molar-refractivity contribution < 1.29 is 0 Å². The zero-order valence-electron chi connectivity index (χ0n) is 10.8. The highest BCUT2D eigenvalue weighted by Gasteiger charge is 2.28. The van der Waals surface area contributed by atoms with Crippen LogP contribution in [0, 0.1) is 0 Å². The van der Waals surface area contributed by atoms with E-state index in [2.05, 4.69) is 26.9 Å². The van der Waals surface area contributed by atoms with E-state index in [1.165, 1.54) is 12.8 Å². The first kappa shape index (κ1) is 11.4. The van der Waals surface area contributed by atoms with Gasteiger partial charge in [-0.1, -0.05) is 6.92 Å². The Hall–Kier alpha value is -1.69. The molecular formula is C12H18N6. The van der Waals surface area contributed by atoms with Gasteiger partial charge in [-0.15, -0.1) is 0 Å². The van der Waals surface area contributed by atoms with Gasteiger partial charge in [-0.2, -0.15) is 5.10 Å². The summed E-state index contributed by atoms with van der Waals surface area (Å²) in [6.45, 7) is 3.97. The van der Waals surface area contributed by atoms with Crippen LogP contribution in [0.3, 0.4) is 0 Å². The molecule has 1 aliphatic rings. The molecule has 2 heterocycles. The number of hydrogen-bond donors (Lipinski definition) is 1. The normalized spacial score (nSPS) is 15.7. The Morgan fingerprint density at radius 3 is 2.89 bits per heavy atom. The van der Waals surface area contributed by atoms with Gasteiger partial charge < -0.3 is 5.73 Å². The third-order valence-corrected chi connectivity index (χ3v) is 3.48. The smallest absolute Gasteiger partial charge is 0.163 e. The third-order valence-electron chi connectivity index (χ3n) is 3.48. The van der Waals surface area contributed by atoms with E-state index >= 15 is 0 Å². The number of anilines is 1. The van der Waals surface area contributed by atoms with Gasteiger partial charge in [-0.25, -0.2) is 9.97 Å². The van der Waals surface area contributed by atoms with Crippen LogP contribution in [-0.2, 0) is 13.6 Å². The molecule has 18 heavy (non-hydrogen) atoms. The van der Waals surface area contributed by atoms with Crippen molar-refractivity contribution in [1.82, 2.24) is 24.6 Å². The predicted octanol–water partition coefficient (Wildman–Crippen LogP) is 0.930. The van der Waals surface area contributed by atoms with Crippen LogP contribution >= 0.6 is 0 Å². The first-order valence-corrected chi connectivity index (χ1v) is 6.37. The summed E-state index contributed by atoms with van der Waals surface area (Å²) in [5, 5.41) is 4.99. The van der Waals surface area contributed by atoms with Crippen molar-refractivity contribution in [2.24, 2.45) is 7.05 Å². The Morgan fingerprint density at radius 2 is 2.22 bits per heavy atom. The van der Waals surface area contributed by atoms with Gasteiger partial charge >= 0.3 is 0 Å². The van der Waals surface area contributed by atoms with Crippen LogP contribution in [0.4, 0.5) is 5.82 Å². The lowest BCUT2D eigenvalue weighted by molar-refractivity contribution is 0.263. The number of nitrogens with two attached hydrogens (primary N) is 1. The van der Waals surface area contributed by atoms with Gasteiger partial charge in [0.15, 0.2) is 5.65 Å². The van der Waals surface area contributed by atoms with E-state index in [1.54, 1.807) is 10.9 Å². The fraction of sp³-hybridized carbons (Fsp3) is 0.583. The predicted molar refractivity (Wildman–Crippen MR) is 69.8 cm³/mol. The second-order valence-electron chi connectivity index (χ2n) is 4.82. The Balaban J connectivity index is 1.93. The summed E-state index contributed by atoms with van der Waals surface area (Å²) in [5.74, 6) is 1.31. The summed E-state index contributed by atoms with van der Waals surface area (Å²) in [7, 11) is 1.87. The minimum Gasteiger partial charge on any atom is -0.383 e. The van der Waals surface area contributed by atoms with Gasteiger partial charge in [0.1, 0.15) is 11.6 Å². The minimum absolute atomic E-state index is 0.523. The first-order chi connectivity index (χ1) is 8.69. The summed E-state index contributed by atoms with van der Waals surface area (Å²) in [5.41, 5.74) is 6.77. The van der Waals surface area contributed by atoms with E-state index in [1.807, 2.05) is 7.05 Å². The van der Waals surface area contributed by atoms with E-state index < -0.39 is 0 Å². The first-order valence-electron chi connectivity index (χ1n) is 6.37. The summed E-state index contributed by atoms with van der Waals surface area (Å²) in [6.07, 6.45) is 4.29. The van der Waals surface area contributed by atoms with Gasteiger partial charge in [-0.05, 0) is 19.4 Å². The van der Waals surface area contributed by atoms with Crippen molar-refractivity contribution >= 4 is 16.9 Å². The largest absolute Gasteiger partial charge is 0.383 e. The molecule has 0 amide bonds. The quantitative estimate of drug-likeness (QED) is 0.868. The van der Waals surface area contributed by atoms with Crippen molar-refractivity contribution in [3.8, 4) is 0 Å². The maximum absolute atomic E-state index is 5.96. The Labute approximate surface area is 106 Å². The number of aromatic nitrogens is 4. The van der Waals surface area contributed by atoms with Crippen LogP contribution < -0.4 is 5.73 Å². The molecule has 0 saturated heterocycles. The van der Waals surface area contributed by atoms with E-state index in [4.69, 9.17) is 5.73 Å². The lowest BCUT2D eigenvalue weighted by atomic mass is 10.3. The lowest BCUT2D eigenvalue weighted by Crippen LogP contribution is -2.26. The van der Waals surface area contributed by atoms with Gasteiger partial charge in [0.2, 0.25) is 0 Å². The number of aryl methyl sites for hydroxylation is 1. The molecule has 6 heteroatoms. The molecular weight excluding hydrogens is 228 g/mol. The van der Waals surface area contributed by atoms with Crippen LogP contribution in [0.5, 0.6) is 0 Å². The van der Waals surface area contributed by atoms with Crippen molar-refractivity contribution in [2.75, 3.05) is 12.3 Å². The summed E-state index contributed by atoms with van der Waals surface area (Å²) >= 11 is 0. The van der Waals surface area contributed by atoms with Gasteiger partial charge in [0.05, 0.1) is 18.1 Å². The average Bonchev–Trinajstić information content (AvgIpc) is 3.12. The maximum Gasteiger partial charge on any atom is 0.163 e. The number of rotatable bonds is 4. The summed E-state index contributed by atoms with van der Waals surface area (Å²) in [6, 6.07) is 0.710. The second kappa shape index (κ2) is 4.20. The monoisotopic (exact) mass is 246 g/mol. The molecule has 1 saturated carbocycles. The SMILES string of the molecule is CCN(Cc1nc(N)c2cnn(C)c2n1)C1CC1. The van der Waals surface area contributed by atoms with E-state index in [9.17, 15) is 0 Å². The second-order valence-corrected chi connectivity index (χ2v) is 4.82. The Morgan fingerprint density at radius 1 is 1.44 bits per heavy atom. The molecule has 96 valence electrons. The van der Waals surface area contributed by atoms with Crippen LogP contribution in [0.15, 0.2) is 6.20 Å². The lowest BCUT2D eigenvalue weighted by Gasteiger charge is -2.18. The maximum atomic E-state index is 5.96. The topological polar surface area (TPSA) is 72.9 Å². The van der Waals surface area contributed by atoms with E-state index in [0.29, 0.717) is 11.9 Å². The van der Waals surface area contributed by atoms with Crippen LogP contribution in [0.1, 0.15) is 25.6 Å². The van der Waals surface area contributed by atoms with Crippen LogP contribution in [-0.4, -0.2) is 37.2 Å². The standard InChI is InChI=1S/C12H18N6/c1-3-18(8-4-5-8)7-10-15-11(13)9-6-14-17(2)12(9)16-10/h6,8H,3-5,7H2,1-2H3,(H2,13,15,16). The highest BCUT2D eigenvalue weighted by Crippen LogP contribution is 2.27. The molecule has 2 aromatic heterocycles. The van der Waals surface area contributed by atoms with Crippen molar-refractivity contribution in [3.05, 3.63) is 12.0 Å². The zero-order valence-corrected chi connectivity index (χ0v) is 10.8. The molecule has 0 spiro atoms. The average molecular weight is 246 g/mol. The van der Waals surface area contributed by atoms with Gasteiger partial charge in [0.25, 0.3) is 0 Å². The van der Waals surface area contributed by atoms with E-state index in [0.717, 1.165) is 29.9 Å². The number of nitrogens with zero attached hydrogens (tertiary/aromatic N) is 5. The third kappa shape index (κ3) is 1.92. The molecule has 6 nitrogen and oxygen atoms in total. The zero-order chi connectivity index (χ0) is 12.7. The minimum atomic E-state index is 0.523. The number of nitrogen functional groups attached to an aromatic ring is 1. The molecule has 0 aliphatic heterocycles. The highest BCUT2D eigenvalue weighted by atomic mass is 15.3. The summed E-state index contributed by atoms with van der Waals surface area (Å²) in [4.78, 5) is 11.3. The van der Waals surface area contributed by atoms with Crippen molar-refractivity contribution in [2.45, 2.75) is 32.4 Å². The molecule has 0 radical (unpaired) electrons. The molecule has 0 atom stereocenters. The van der Waals surface area contributed by atoms with Crippen LogP contribution in [0.2, 0.25) is 0 Å². The summed E-state index contributed by atoms with van der Waals surface area (Å²) < 4.78 is 1.74. The number of hydrogen-bond acceptors (Lipinski definition) is 5. The Kier molecular flexibility index (Phi) is 2.66. The van der Waals surface area contributed by atoms with Crippen molar-refractivity contribution in [1.29, 1.82) is 0 Å². The van der Waals surface area contributed by atoms with Gasteiger partial charge in [-0.3, -0.25) is 9.58 Å². The molecule has 2 N–H and O–H groups in total. The molecule has 0 bridgehead atoms. The number of fused-ring (bicyclic) bond motifs is 1. The fourth-order valence-corrected chi connectivity index (χ4v) is 2.28. The molecule has 2 aromatic rings. The Bertz CT molecular complexity index is 571. The highest BCUT2D eigenvalue weighted by molar-refractivity contribution is 5.84. The van der Waals surface area contributed by atoms with Crippen molar-refractivity contribution in [3.63, 3.8) is 0 Å². The fourth-order valence-electron chi connectivity index (χ4n) is 2.28. The van der Waals surface area contributed by atoms with Crippen LogP contribution in [0.25, 0.3) is 11.0 Å².